The molecular formula is C21H21N7. The molecule has 2 aliphatic rings. The van der Waals surface area contributed by atoms with E-state index in [9.17, 15) is 0 Å². The number of nitrogens with one attached hydrogen (secondary N) is 1. The van der Waals surface area contributed by atoms with Crippen molar-refractivity contribution in [3.8, 4) is 11.3 Å². The first kappa shape index (κ1) is 15.9. The van der Waals surface area contributed by atoms with Gasteiger partial charge in [0.1, 0.15) is 0 Å². The van der Waals surface area contributed by atoms with Gasteiger partial charge in [0.2, 0.25) is 5.95 Å². The molecule has 7 nitrogen and oxygen atoms in total. The third-order valence-corrected chi connectivity index (χ3v) is 6.05. The van der Waals surface area contributed by atoms with E-state index < -0.39 is 0 Å². The number of aromatic nitrogens is 5. The maximum absolute atomic E-state index is 4.75. The van der Waals surface area contributed by atoms with Crippen LogP contribution in [-0.2, 0) is 0 Å². The quantitative estimate of drug-likeness (QED) is 0.597. The molecule has 140 valence electrons. The maximum Gasteiger partial charge on any atom is 0.241 e. The van der Waals surface area contributed by atoms with E-state index in [-0.39, 0.29) is 0 Å². The molecule has 1 aliphatic heterocycles. The van der Waals surface area contributed by atoms with E-state index in [0.29, 0.717) is 17.4 Å². The molecule has 5 heterocycles. The lowest BCUT2D eigenvalue weighted by atomic mass is 9.61. The molecule has 0 radical (unpaired) electrons. The molecule has 2 fully saturated rings. The number of pyridine rings is 2. The van der Waals surface area contributed by atoms with Crippen LogP contribution >= 0.6 is 0 Å². The van der Waals surface area contributed by atoms with Crippen LogP contribution in [0, 0.1) is 5.41 Å². The first-order valence-corrected chi connectivity index (χ1v) is 9.69. The monoisotopic (exact) mass is 371 g/mol. The zero-order chi connectivity index (χ0) is 18.7. The molecule has 0 aromatic carbocycles. The predicted octanol–water partition coefficient (Wildman–Crippen LogP) is 2.85. The zero-order valence-electron chi connectivity index (χ0n) is 15.7. The van der Waals surface area contributed by atoms with Gasteiger partial charge in [-0.2, -0.15) is 0 Å². The Labute approximate surface area is 162 Å². The first-order valence-electron chi connectivity index (χ1n) is 9.69. The average Bonchev–Trinajstić information content (AvgIpc) is 3.08. The standard InChI is InChI=1S/C21H21N7/c1-27-12-21(13-27)9-14(10-21)24-20-23-11-19-15(6-8-28(19)26-20)16-4-5-17-18(25-16)3-2-7-22-17/h2-8,11,14H,9-10,12-13H2,1H3,(H,24,26). The number of nitrogens with zero attached hydrogens (tertiary/aromatic N) is 6. The van der Waals surface area contributed by atoms with E-state index in [0.717, 1.165) is 27.8 Å². The summed E-state index contributed by atoms with van der Waals surface area (Å²) in [5.74, 6) is 0.692. The van der Waals surface area contributed by atoms with Gasteiger partial charge in [-0.25, -0.2) is 14.5 Å². The van der Waals surface area contributed by atoms with E-state index in [1.807, 2.05) is 47.2 Å². The summed E-state index contributed by atoms with van der Waals surface area (Å²) in [5.41, 5.74) is 5.22. The Hall–Kier alpha value is -3.06. The van der Waals surface area contributed by atoms with E-state index in [4.69, 9.17) is 4.98 Å². The number of hydrogen-bond donors (Lipinski definition) is 1. The number of fused-ring (bicyclic) bond motifs is 2. The number of hydrogen-bond acceptors (Lipinski definition) is 6. The molecule has 0 unspecified atom stereocenters. The predicted molar refractivity (Wildman–Crippen MR) is 108 cm³/mol. The molecule has 1 N–H and O–H groups in total. The Morgan fingerprint density at radius 2 is 1.96 bits per heavy atom. The third kappa shape index (κ3) is 2.46. The van der Waals surface area contributed by atoms with Gasteiger partial charge in [0.15, 0.2) is 0 Å². The van der Waals surface area contributed by atoms with E-state index >= 15 is 0 Å². The second-order valence-corrected chi connectivity index (χ2v) is 8.30. The molecule has 1 saturated carbocycles. The van der Waals surface area contributed by atoms with Crippen molar-refractivity contribution in [1.29, 1.82) is 0 Å². The van der Waals surface area contributed by atoms with Crippen molar-refractivity contribution in [2.24, 2.45) is 5.41 Å². The first-order chi connectivity index (χ1) is 13.7. The summed E-state index contributed by atoms with van der Waals surface area (Å²) in [6, 6.07) is 10.4. The lowest BCUT2D eigenvalue weighted by Crippen LogP contribution is -2.63. The van der Waals surface area contributed by atoms with Crippen LogP contribution in [0.15, 0.2) is 48.9 Å². The van der Waals surface area contributed by atoms with Gasteiger partial charge >= 0.3 is 0 Å². The minimum absolute atomic E-state index is 0.482. The molecule has 1 aliphatic carbocycles. The van der Waals surface area contributed by atoms with Crippen LogP contribution < -0.4 is 5.32 Å². The Balaban J connectivity index is 1.25. The number of rotatable bonds is 3. The second kappa shape index (κ2) is 5.72. The van der Waals surface area contributed by atoms with Crippen LogP contribution in [0.2, 0.25) is 0 Å². The SMILES string of the molecule is CN1CC2(CC(Nc3ncc4c(-c5ccc6ncccc6n5)ccn4n3)C2)C1. The van der Waals surface area contributed by atoms with Crippen LogP contribution in [-0.4, -0.2) is 55.6 Å². The smallest absolute Gasteiger partial charge is 0.241 e. The number of anilines is 1. The summed E-state index contributed by atoms with van der Waals surface area (Å²) in [6.07, 6.45) is 8.06. The molecule has 1 saturated heterocycles. The highest BCUT2D eigenvalue weighted by Crippen LogP contribution is 2.48. The van der Waals surface area contributed by atoms with Gasteiger partial charge in [0, 0.05) is 37.1 Å². The molecule has 1 spiro atoms. The normalized spacial score (nSPS) is 19.0. The molecule has 0 amide bonds. The van der Waals surface area contributed by atoms with E-state index in [1.165, 1.54) is 25.9 Å². The fourth-order valence-electron chi connectivity index (χ4n) is 4.92. The van der Waals surface area contributed by atoms with Gasteiger partial charge in [-0.1, -0.05) is 0 Å². The third-order valence-electron chi connectivity index (χ3n) is 6.05. The van der Waals surface area contributed by atoms with Crippen LogP contribution in [0.25, 0.3) is 27.8 Å². The van der Waals surface area contributed by atoms with Gasteiger partial charge < -0.3 is 10.2 Å². The van der Waals surface area contributed by atoms with Gasteiger partial charge in [-0.3, -0.25) is 4.98 Å². The fraction of sp³-hybridized carbons (Fsp3) is 0.333. The van der Waals surface area contributed by atoms with E-state index in [1.54, 1.807) is 6.20 Å². The summed E-state index contributed by atoms with van der Waals surface area (Å²) >= 11 is 0. The van der Waals surface area contributed by atoms with Crippen molar-refractivity contribution in [1.82, 2.24) is 29.5 Å². The summed E-state index contributed by atoms with van der Waals surface area (Å²) in [4.78, 5) is 16.0. The van der Waals surface area contributed by atoms with Crippen LogP contribution in [0.4, 0.5) is 5.95 Å². The second-order valence-electron chi connectivity index (χ2n) is 8.30. The van der Waals surface area contributed by atoms with Gasteiger partial charge in [0.05, 0.1) is 28.4 Å². The Bertz CT molecular complexity index is 1180. The van der Waals surface area contributed by atoms with Crippen LogP contribution in [0.3, 0.4) is 0 Å². The fourth-order valence-corrected chi connectivity index (χ4v) is 4.92. The van der Waals surface area contributed by atoms with Crippen molar-refractivity contribution in [3.05, 3.63) is 48.9 Å². The maximum atomic E-state index is 4.75. The Morgan fingerprint density at radius 3 is 2.82 bits per heavy atom. The molecule has 28 heavy (non-hydrogen) atoms. The van der Waals surface area contributed by atoms with Crippen molar-refractivity contribution in [2.45, 2.75) is 18.9 Å². The topological polar surface area (TPSA) is 71.2 Å². The van der Waals surface area contributed by atoms with E-state index in [2.05, 4.69) is 32.3 Å². The molecule has 0 atom stereocenters. The van der Waals surface area contributed by atoms with Crippen LogP contribution in [0.1, 0.15) is 12.8 Å². The molecule has 7 heteroatoms. The lowest BCUT2D eigenvalue weighted by molar-refractivity contribution is -0.0514. The van der Waals surface area contributed by atoms with Crippen molar-refractivity contribution >= 4 is 22.5 Å². The Kier molecular flexibility index (Phi) is 3.26. The Morgan fingerprint density at radius 1 is 1.07 bits per heavy atom. The largest absolute Gasteiger partial charge is 0.350 e. The number of likely N-dealkylation sites (tertiary alicyclic amines) is 1. The van der Waals surface area contributed by atoms with Gasteiger partial charge in [-0.15, -0.1) is 5.10 Å². The summed E-state index contributed by atoms with van der Waals surface area (Å²) in [6.45, 7) is 2.45. The van der Waals surface area contributed by atoms with Gasteiger partial charge in [-0.05, 0) is 55.6 Å². The van der Waals surface area contributed by atoms with Crippen molar-refractivity contribution in [3.63, 3.8) is 0 Å². The minimum atomic E-state index is 0.482. The van der Waals surface area contributed by atoms with Crippen LogP contribution in [0.5, 0.6) is 0 Å². The molecule has 4 aromatic heterocycles. The molecule has 4 aromatic rings. The average molecular weight is 371 g/mol. The van der Waals surface area contributed by atoms with Crippen molar-refractivity contribution in [2.75, 3.05) is 25.5 Å². The molecular weight excluding hydrogens is 350 g/mol. The molecule has 6 rings (SSSR count). The van der Waals surface area contributed by atoms with Gasteiger partial charge in [0.25, 0.3) is 0 Å². The summed E-state index contributed by atoms with van der Waals surface area (Å²) < 4.78 is 1.88. The summed E-state index contributed by atoms with van der Waals surface area (Å²) in [7, 11) is 2.19. The minimum Gasteiger partial charge on any atom is -0.350 e. The highest BCUT2D eigenvalue weighted by Gasteiger charge is 2.51. The zero-order valence-corrected chi connectivity index (χ0v) is 15.7. The molecule has 0 bridgehead atoms. The highest BCUT2D eigenvalue weighted by molar-refractivity contribution is 5.83. The summed E-state index contributed by atoms with van der Waals surface area (Å²) in [5, 5.41) is 8.15. The lowest BCUT2D eigenvalue weighted by Gasteiger charge is -2.58. The van der Waals surface area contributed by atoms with Crippen molar-refractivity contribution < 1.29 is 0 Å². The highest BCUT2D eigenvalue weighted by atomic mass is 15.3.